The molecular formula is C16H12N2O6. The van der Waals surface area contributed by atoms with E-state index in [0.717, 1.165) is 6.07 Å². The van der Waals surface area contributed by atoms with E-state index in [0.29, 0.717) is 11.3 Å². The number of carbonyl (C=O) groups is 2. The van der Waals surface area contributed by atoms with Crippen molar-refractivity contribution in [3.05, 3.63) is 57.6 Å². The first kappa shape index (κ1) is 15.5. The van der Waals surface area contributed by atoms with Crippen LogP contribution in [0.3, 0.4) is 0 Å². The second-order valence-corrected chi connectivity index (χ2v) is 5.07. The van der Waals surface area contributed by atoms with Crippen LogP contribution in [0, 0.1) is 10.1 Å². The SMILES string of the molecule is CC(=O)c1cccc(NC(=O)c2cc3c(cc2[N+](=O)[O-])OCO3)c1. The predicted octanol–water partition coefficient (Wildman–Crippen LogP) is 2.78. The standard InChI is InChI=1S/C16H12N2O6/c1-9(19)10-3-2-4-11(5-10)17-16(20)12-6-14-15(24-8-23-14)7-13(12)18(21)22/h2-7H,8H2,1H3,(H,17,20). The van der Waals surface area contributed by atoms with Gasteiger partial charge in [0.2, 0.25) is 6.79 Å². The van der Waals surface area contributed by atoms with Crippen LogP contribution in [0.5, 0.6) is 11.5 Å². The van der Waals surface area contributed by atoms with Gasteiger partial charge >= 0.3 is 0 Å². The van der Waals surface area contributed by atoms with Crippen LogP contribution in [0.4, 0.5) is 11.4 Å². The summed E-state index contributed by atoms with van der Waals surface area (Å²) in [4.78, 5) is 34.4. The minimum Gasteiger partial charge on any atom is -0.454 e. The van der Waals surface area contributed by atoms with E-state index in [1.165, 1.54) is 19.1 Å². The third-order valence-electron chi connectivity index (χ3n) is 3.46. The molecule has 0 atom stereocenters. The zero-order valence-electron chi connectivity index (χ0n) is 12.6. The van der Waals surface area contributed by atoms with E-state index >= 15 is 0 Å². The molecule has 1 aliphatic heterocycles. The van der Waals surface area contributed by atoms with E-state index in [1.54, 1.807) is 18.2 Å². The maximum Gasteiger partial charge on any atom is 0.286 e. The minimum atomic E-state index is -0.680. The monoisotopic (exact) mass is 328 g/mol. The normalized spacial score (nSPS) is 11.9. The maximum atomic E-state index is 12.4. The topological polar surface area (TPSA) is 108 Å². The van der Waals surface area contributed by atoms with E-state index in [1.807, 2.05) is 0 Å². The fourth-order valence-electron chi connectivity index (χ4n) is 2.28. The lowest BCUT2D eigenvalue weighted by atomic mass is 10.1. The second kappa shape index (κ2) is 5.99. The van der Waals surface area contributed by atoms with Crippen molar-refractivity contribution in [3.63, 3.8) is 0 Å². The van der Waals surface area contributed by atoms with Gasteiger partial charge in [-0.25, -0.2) is 0 Å². The molecule has 1 aliphatic rings. The number of carbonyl (C=O) groups excluding carboxylic acids is 2. The molecule has 0 saturated carbocycles. The number of amides is 1. The van der Waals surface area contributed by atoms with Crippen molar-refractivity contribution in [1.82, 2.24) is 0 Å². The molecule has 2 aromatic carbocycles. The van der Waals surface area contributed by atoms with Crippen LogP contribution in [0.15, 0.2) is 36.4 Å². The van der Waals surface area contributed by atoms with Crippen LogP contribution in [0.1, 0.15) is 27.6 Å². The molecule has 0 unspecified atom stereocenters. The predicted molar refractivity (Wildman–Crippen MR) is 83.6 cm³/mol. The van der Waals surface area contributed by atoms with Gasteiger partial charge in [-0.05, 0) is 19.1 Å². The molecule has 2 aromatic rings. The van der Waals surface area contributed by atoms with E-state index in [-0.39, 0.29) is 35.3 Å². The first-order valence-electron chi connectivity index (χ1n) is 6.96. The Balaban J connectivity index is 1.94. The van der Waals surface area contributed by atoms with Crippen molar-refractivity contribution >= 4 is 23.1 Å². The molecule has 8 nitrogen and oxygen atoms in total. The van der Waals surface area contributed by atoms with Crippen LogP contribution in [0.2, 0.25) is 0 Å². The number of anilines is 1. The number of nitrogens with one attached hydrogen (secondary N) is 1. The number of hydrogen-bond acceptors (Lipinski definition) is 6. The van der Waals surface area contributed by atoms with Crippen molar-refractivity contribution < 1.29 is 24.0 Å². The van der Waals surface area contributed by atoms with E-state index in [4.69, 9.17) is 9.47 Å². The number of nitro benzene ring substituents is 1. The van der Waals surface area contributed by atoms with Crippen LogP contribution in [0.25, 0.3) is 0 Å². The van der Waals surface area contributed by atoms with Gasteiger partial charge in [-0.3, -0.25) is 19.7 Å². The highest BCUT2D eigenvalue weighted by Gasteiger charge is 2.27. The molecule has 1 N–H and O–H groups in total. The molecule has 0 saturated heterocycles. The lowest BCUT2D eigenvalue weighted by Gasteiger charge is -2.08. The lowest BCUT2D eigenvalue weighted by Crippen LogP contribution is -2.14. The molecule has 0 aromatic heterocycles. The number of fused-ring (bicyclic) bond motifs is 1. The van der Waals surface area contributed by atoms with Gasteiger partial charge in [-0.1, -0.05) is 12.1 Å². The number of hydrogen-bond donors (Lipinski definition) is 1. The fourth-order valence-corrected chi connectivity index (χ4v) is 2.28. The highest BCUT2D eigenvalue weighted by molar-refractivity contribution is 6.08. The van der Waals surface area contributed by atoms with Crippen LogP contribution in [-0.4, -0.2) is 23.4 Å². The summed E-state index contributed by atoms with van der Waals surface area (Å²) in [5.41, 5.74) is 0.240. The Hall–Kier alpha value is -3.42. The van der Waals surface area contributed by atoms with Gasteiger partial charge in [0.15, 0.2) is 17.3 Å². The summed E-state index contributed by atoms with van der Waals surface area (Å²) in [6.45, 7) is 1.35. The number of benzene rings is 2. The summed E-state index contributed by atoms with van der Waals surface area (Å²) in [6.07, 6.45) is 0. The van der Waals surface area contributed by atoms with Gasteiger partial charge in [0.05, 0.1) is 11.0 Å². The Bertz CT molecular complexity index is 862. The summed E-state index contributed by atoms with van der Waals surface area (Å²) in [5.74, 6) is -0.346. The summed E-state index contributed by atoms with van der Waals surface area (Å²) in [6, 6.07) is 8.73. The van der Waals surface area contributed by atoms with Gasteiger partial charge in [0.1, 0.15) is 5.56 Å². The third kappa shape index (κ3) is 2.89. The third-order valence-corrected chi connectivity index (χ3v) is 3.46. The first-order valence-corrected chi connectivity index (χ1v) is 6.96. The van der Waals surface area contributed by atoms with Gasteiger partial charge in [-0.2, -0.15) is 0 Å². The van der Waals surface area contributed by atoms with Crippen LogP contribution < -0.4 is 14.8 Å². The van der Waals surface area contributed by atoms with E-state index in [9.17, 15) is 19.7 Å². The smallest absolute Gasteiger partial charge is 0.286 e. The molecule has 0 spiro atoms. The summed E-state index contributed by atoms with van der Waals surface area (Å²) < 4.78 is 10.2. The number of rotatable bonds is 4. The van der Waals surface area contributed by atoms with Crippen molar-refractivity contribution in [1.29, 1.82) is 0 Å². The molecule has 1 heterocycles. The van der Waals surface area contributed by atoms with Crippen molar-refractivity contribution in [2.24, 2.45) is 0 Å². The molecular weight excluding hydrogens is 316 g/mol. The highest BCUT2D eigenvalue weighted by Crippen LogP contribution is 2.38. The first-order chi connectivity index (χ1) is 11.5. The summed E-state index contributed by atoms with van der Waals surface area (Å²) in [7, 11) is 0. The summed E-state index contributed by atoms with van der Waals surface area (Å²) in [5, 5.41) is 13.8. The average molecular weight is 328 g/mol. The van der Waals surface area contributed by atoms with Crippen molar-refractivity contribution in [2.45, 2.75) is 6.92 Å². The fraction of sp³-hybridized carbons (Fsp3) is 0.125. The number of ketones is 1. The largest absolute Gasteiger partial charge is 0.454 e. The zero-order chi connectivity index (χ0) is 17.3. The van der Waals surface area contributed by atoms with Gasteiger partial charge in [0.25, 0.3) is 11.6 Å². The van der Waals surface area contributed by atoms with Gasteiger partial charge in [0, 0.05) is 17.3 Å². The Labute approximate surface area is 136 Å². The van der Waals surface area contributed by atoms with Gasteiger partial charge in [-0.15, -0.1) is 0 Å². The molecule has 122 valence electrons. The van der Waals surface area contributed by atoms with Crippen molar-refractivity contribution in [3.8, 4) is 11.5 Å². The molecule has 0 aliphatic carbocycles. The quantitative estimate of drug-likeness (QED) is 0.525. The zero-order valence-corrected chi connectivity index (χ0v) is 12.6. The Morgan fingerprint density at radius 3 is 2.54 bits per heavy atom. The van der Waals surface area contributed by atoms with E-state index in [2.05, 4.69) is 5.32 Å². The number of nitrogens with zero attached hydrogens (tertiary/aromatic N) is 1. The molecule has 0 radical (unpaired) electrons. The minimum absolute atomic E-state index is 0.0573. The molecule has 8 heteroatoms. The highest BCUT2D eigenvalue weighted by atomic mass is 16.7. The van der Waals surface area contributed by atoms with E-state index < -0.39 is 10.8 Å². The maximum absolute atomic E-state index is 12.4. The number of ether oxygens (including phenoxy) is 2. The molecule has 24 heavy (non-hydrogen) atoms. The van der Waals surface area contributed by atoms with Crippen LogP contribution >= 0.6 is 0 Å². The summed E-state index contributed by atoms with van der Waals surface area (Å²) >= 11 is 0. The second-order valence-electron chi connectivity index (χ2n) is 5.07. The molecule has 1 amide bonds. The number of Topliss-reactive ketones (excluding diaryl/α,β-unsaturated/α-hetero) is 1. The Morgan fingerprint density at radius 1 is 1.17 bits per heavy atom. The average Bonchev–Trinajstić information content (AvgIpc) is 3.01. The van der Waals surface area contributed by atoms with Gasteiger partial charge < -0.3 is 14.8 Å². The van der Waals surface area contributed by atoms with Crippen molar-refractivity contribution in [2.75, 3.05) is 12.1 Å². The Kier molecular flexibility index (Phi) is 3.87. The molecule has 0 bridgehead atoms. The molecule has 0 fully saturated rings. The molecule has 3 rings (SSSR count). The lowest BCUT2D eigenvalue weighted by molar-refractivity contribution is -0.385. The van der Waals surface area contributed by atoms with Crippen LogP contribution in [-0.2, 0) is 0 Å². The number of nitro groups is 1. The Morgan fingerprint density at radius 2 is 1.88 bits per heavy atom.